The monoisotopic (exact) mass is 422 g/mol. The van der Waals surface area contributed by atoms with Crippen molar-refractivity contribution in [3.8, 4) is 0 Å². The number of halogens is 5. The molecule has 22 heavy (non-hydrogen) atoms. The van der Waals surface area contributed by atoms with Crippen molar-refractivity contribution >= 4 is 38.4 Å². The van der Waals surface area contributed by atoms with Crippen molar-refractivity contribution in [1.29, 1.82) is 0 Å². The first-order valence-electron chi connectivity index (χ1n) is 6.19. The molecule has 1 aromatic carbocycles. The van der Waals surface area contributed by atoms with E-state index in [0.717, 1.165) is 10.4 Å². The van der Waals surface area contributed by atoms with Crippen LogP contribution in [0.5, 0.6) is 0 Å². The fourth-order valence-corrected chi connectivity index (χ4v) is 4.29. The van der Waals surface area contributed by atoms with E-state index in [1.54, 1.807) is 0 Å². The highest BCUT2D eigenvalue weighted by atomic mass is 79.9. The largest absolute Gasteiger partial charge is 0.416 e. The lowest BCUT2D eigenvalue weighted by Crippen LogP contribution is -2.38. The molecule has 126 valence electrons. The first-order chi connectivity index (χ1) is 9.62. The van der Waals surface area contributed by atoms with Gasteiger partial charge in [0.05, 0.1) is 10.5 Å². The highest BCUT2D eigenvalue weighted by Gasteiger charge is 2.35. The molecule has 0 amide bonds. The molecule has 0 spiro atoms. The van der Waals surface area contributed by atoms with Crippen molar-refractivity contribution in [3.05, 3.63) is 28.2 Å². The molecule has 10 heteroatoms. The van der Waals surface area contributed by atoms with Crippen LogP contribution in [0.15, 0.2) is 27.6 Å². The lowest BCUT2D eigenvalue weighted by Gasteiger charge is -2.23. The molecule has 1 saturated heterocycles. The van der Waals surface area contributed by atoms with Gasteiger partial charge in [0.15, 0.2) is 0 Å². The standard InChI is InChI=1S/C12H14BrF3N2O2S.ClH/c1-18(10-2-3-17-7-10)21(19,20)11-5-8(12(14,15)16)4-9(13)6-11;/h4-6,10,17H,2-3,7H2,1H3;1H. The minimum atomic E-state index is -4.60. The summed E-state index contributed by atoms with van der Waals surface area (Å²) in [5, 5.41) is 3.03. The highest BCUT2D eigenvalue weighted by molar-refractivity contribution is 9.10. The summed E-state index contributed by atoms with van der Waals surface area (Å²) >= 11 is 2.94. The van der Waals surface area contributed by atoms with Crippen LogP contribution in [0, 0.1) is 0 Å². The lowest BCUT2D eigenvalue weighted by molar-refractivity contribution is -0.137. The van der Waals surface area contributed by atoms with Gasteiger partial charge in [0.1, 0.15) is 0 Å². The maximum atomic E-state index is 12.8. The summed E-state index contributed by atoms with van der Waals surface area (Å²) in [6.45, 7) is 1.19. The molecule has 0 saturated carbocycles. The number of rotatable bonds is 3. The van der Waals surface area contributed by atoms with Gasteiger partial charge in [0.2, 0.25) is 10.0 Å². The molecule has 1 N–H and O–H groups in total. The quantitative estimate of drug-likeness (QED) is 0.813. The van der Waals surface area contributed by atoms with Gasteiger partial charge in [0, 0.05) is 24.1 Å². The average Bonchev–Trinajstić information content (AvgIpc) is 2.89. The number of sulfonamides is 1. The van der Waals surface area contributed by atoms with E-state index in [-0.39, 0.29) is 27.8 Å². The maximum absolute atomic E-state index is 12.8. The maximum Gasteiger partial charge on any atom is 0.416 e. The van der Waals surface area contributed by atoms with Crippen LogP contribution in [0.4, 0.5) is 13.2 Å². The minimum Gasteiger partial charge on any atom is -0.315 e. The van der Waals surface area contributed by atoms with Crippen LogP contribution in [0.1, 0.15) is 12.0 Å². The summed E-state index contributed by atoms with van der Waals surface area (Å²) in [4.78, 5) is -0.362. The van der Waals surface area contributed by atoms with E-state index < -0.39 is 21.8 Å². The van der Waals surface area contributed by atoms with Crippen molar-refractivity contribution in [2.24, 2.45) is 0 Å². The van der Waals surface area contributed by atoms with Gasteiger partial charge in [-0.2, -0.15) is 17.5 Å². The number of hydrogen-bond acceptors (Lipinski definition) is 3. The zero-order valence-electron chi connectivity index (χ0n) is 11.5. The van der Waals surface area contributed by atoms with E-state index in [0.29, 0.717) is 25.6 Å². The Hall–Kier alpha value is -0.350. The van der Waals surface area contributed by atoms with Crippen molar-refractivity contribution in [3.63, 3.8) is 0 Å². The van der Waals surface area contributed by atoms with Crippen LogP contribution < -0.4 is 5.32 Å². The molecular formula is C12H15BrClF3N2O2S. The SMILES string of the molecule is CN(C1CCNC1)S(=O)(=O)c1cc(Br)cc(C(F)(F)F)c1.Cl. The zero-order valence-corrected chi connectivity index (χ0v) is 14.7. The van der Waals surface area contributed by atoms with Gasteiger partial charge in [0.25, 0.3) is 0 Å². The second-order valence-corrected chi connectivity index (χ2v) is 7.75. The Bertz CT molecular complexity index is 634. The summed E-state index contributed by atoms with van der Waals surface area (Å²) in [5.41, 5.74) is -0.992. The van der Waals surface area contributed by atoms with Crippen LogP contribution >= 0.6 is 28.3 Å². The molecule has 1 aromatic rings. The van der Waals surface area contributed by atoms with Gasteiger partial charge < -0.3 is 5.32 Å². The Morgan fingerprint density at radius 2 is 1.95 bits per heavy atom. The summed E-state index contributed by atoms with van der Waals surface area (Å²) < 4.78 is 64.5. The Labute approximate surface area is 141 Å². The molecule has 0 bridgehead atoms. The Morgan fingerprint density at radius 3 is 2.45 bits per heavy atom. The summed E-state index contributed by atoms with van der Waals surface area (Å²) in [6, 6.07) is 2.46. The van der Waals surface area contributed by atoms with E-state index in [4.69, 9.17) is 0 Å². The van der Waals surface area contributed by atoms with Crippen LogP contribution in [-0.4, -0.2) is 38.9 Å². The van der Waals surface area contributed by atoms with Gasteiger partial charge in [-0.25, -0.2) is 8.42 Å². The third-order valence-electron chi connectivity index (χ3n) is 3.42. The lowest BCUT2D eigenvalue weighted by atomic mass is 10.2. The number of benzene rings is 1. The summed E-state index contributed by atoms with van der Waals surface area (Å²) in [6.07, 6.45) is -3.96. The molecule has 1 aliphatic rings. The van der Waals surface area contributed by atoms with E-state index in [2.05, 4.69) is 21.2 Å². The fourth-order valence-electron chi connectivity index (χ4n) is 2.19. The predicted octanol–water partition coefficient (Wildman–Crippen LogP) is 2.87. The highest BCUT2D eigenvalue weighted by Crippen LogP contribution is 2.34. The molecule has 1 heterocycles. The van der Waals surface area contributed by atoms with Gasteiger partial charge in [-0.15, -0.1) is 12.4 Å². The normalized spacial score (nSPS) is 19.3. The van der Waals surface area contributed by atoms with Crippen LogP contribution in [0.3, 0.4) is 0 Å². The van der Waals surface area contributed by atoms with Crippen molar-refractivity contribution in [2.45, 2.75) is 23.5 Å². The van der Waals surface area contributed by atoms with Gasteiger partial charge in [-0.05, 0) is 31.2 Å². The van der Waals surface area contributed by atoms with Crippen molar-refractivity contribution in [2.75, 3.05) is 20.1 Å². The number of nitrogens with one attached hydrogen (secondary N) is 1. The molecular weight excluding hydrogens is 409 g/mol. The molecule has 4 nitrogen and oxygen atoms in total. The summed E-state index contributed by atoms with van der Waals surface area (Å²) in [7, 11) is -2.57. The van der Waals surface area contributed by atoms with E-state index in [9.17, 15) is 21.6 Å². The van der Waals surface area contributed by atoms with E-state index in [1.807, 2.05) is 0 Å². The first-order valence-corrected chi connectivity index (χ1v) is 8.42. The minimum absolute atomic E-state index is 0. The predicted molar refractivity (Wildman–Crippen MR) is 82.6 cm³/mol. The Balaban J connectivity index is 0.00000242. The van der Waals surface area contributed by atoms with Gasteiger partial charge in [-0.3, -0.25) is 0 Å². The van der Waals surface area contributed by atoms with Crippen LogP contribution in [0.2, 0.25) is 0 Å². The van der Waals surface area contributed by atoms with Gasteiger partial charge >= 0.3 is 6.18 Å². The fraction of sp³-hybridized carbons (Fsp3) is 0.500. The molecule has 0 aliphatic carbocycles. The molecule has 1 fully saturated rings. The number of alkyl halides is 3. The first kappa shape index (κ1) is 19.7. The smallest absolute Gasteiger partial charge is 0.315 e. The number of likely N-dealkylation sites (N-methyl/N-ethyl adjacent to an activating group) is 1. The van der Waals surface area contributed by atoms with Crippen LogP contribution in [0.25, 0.3) is 0 Å². The Morgan fingerprint density at radius 1 is 1.32 bits per heavy atom. The molecule has 0 aromatic heterocycles. The second kappa shape index (κ2) is 7.04. The third-order valence-corrected chi connectivity index (χ3v) is 5.77. The molecule has 2 rings (SSSR count). The van der Waals surface area contributed by atoms with Gasteiger partial charge in [-0.1, -0.05) is 15.9 Å². The number of hydrogen-bond donors (Lipinski definition) is 1. The van der Waals surface area contributed by atoms with Crippen molar-refractivity contribution in [1.82, 2.24) is 9.62 Å². The molecule has 0 radical (unpaired) electrons. The summed E-state index contributed by atoms with van der Waals surface area (Å²) in [5.74, 6) is 0. The zero-order chi connectivity index (χ0) is 15.8. The third kappa shape index (κ3) is 4.14. The Kier molecular flexibility index (Phi) is 6.30. The average molecular weight is 424 g/mol. The topological polar surface area (TPSA) is 49.4 Å². The van der Waals surface area contributed by atoms with Crippen molar-refractivity contribution < 1.29 is 21.6 Å². The second-order valence-electron chi connectivity index (χ2n) is 4.84. The number of nitrogens with zero attached hydrogens (tertiary/aromatic N) is 1. The van der Waals surface area contributed by atoms with Crippen LogP contribution in [-0.2, 0) is 16.2 Å². The van der Waals surface area contributed by atoms with E-state index >= 15 is 0 Å². The molecule has 1 aliphatic heterocycles. The van der Waals surface area contributed by atoms with E-state index in [1.165, 1.54) is 13.1 Å². The molecule has 1 unspecified atom stereocenters. The molecule has 1 atom stereocenters.